The predicted molar refractivity (Wildman–Crippen MR) is 70.5 cm³/mol. The molecule has 1 aliphatic rings. The fraction of sp³-hybridized carbons (Fsp3) is 0.786. The number of ether oxygens (including phenoxy) is 1. The van der Waals surface area contributed by atoms with Crippen LogP contribution in [0.25, 0.3) is 0 Å². The van der Waals surface area contributed by atoms with Crippen LogP contribution in [0.15, 0.2) is 6.07 Å². The molecular weight excluding hydrogens is 228 g/mol. The van der Waals surface area contributed by atoms with Crippen LogP contribution in [0.2, 0.25) is 0 Å². The first-order valence-corrected chi connectivity index (χ1v) is 6.98. The van der Waals surface area contributed by atoms with Gasteiger partial charge in [0.05, 0.1) is 17.9 Å². The number of aromatic nitrogens is 2. The summed E-state index contributed by atoms with van der Waals surface area (Å²) in [6, 6.07) is 2.07. The van der Waals surface area contributed by atoms with Gasteiger partial charge < -0.3 is 9.84 Å². The minimum atomic E-state index is -0.321. The van der Waals surface area contributed by atoms with Crippen molar-refractivity contribution in [2.75, 3.05) is 6.61 Å². The van der Waals surface area contributed by atoms with Crippen molar-refractivity contribution in [1.82, 2.24) is 9.78 Å². The molecule has 2 rings (SSSR count). The summed E-state index contributed by atoms with van der Waals surface area (Å²) in [6.45, 7) is 7.84. The highest BCUT2D eigenvalue weighted by Crippen LogP contribution is 2.28. The molecule has 0 radical (unpaired) electrons. The van der Waals surface area contributed by atoms with Gasteiger partial charge in [-0.1, -0.05) is 6.92 Å². The van der Waals surface area contributed by atoms with Crippen molar-refractivity contribution >= 4 is 0 Å². The Kier molecular flexibility index (Phi) is 4.40. The second-order valence-corrected chi connectivity index (χ2v) is 5.13. The van der Waals surface area contributed by atoms with Crippen LogP contribution >= 0.6 is 0 Å². The molecule has 4 heteroatoms. The van der Waals surface area contributed by atoms with Gasteiger partial charge in [-0.05, 0) is 32.8 Å². The van der Waals surface area contributed by atoms with Crippen LogP contribution < -0.4 is 0 Å². The van der Waals surface area contributed by atoms with Crippen LogP contribution in [0.4, 0.5) is 0 Å². The first-order valence-electron chi connectivity index (χ1n) is 6.98. The lowest BCUT2D eigenvalue weighted by Gasteiger charge is -2.22. The maximum absolute atomic E-state index is 10.4. The number of aliphatic hydroxyl groups excluding tert-OH is 1. The largest absolute Gasteiger partial charge is 0.392 e. The number of aliphatic hydroxyl groups is 1. The van der Waals surface area contributed by atoms with E-state index in [1.807, 2.05) is 11.6 Å². The van der Waals surface area contributed by atoms with Crippen molar-refractivity contribution < 1.29 is 9.84 Å². The summed E-state index contributed by atoms with van der Waals surface area (Å²) in [7, 11) is 0. The molecule has 3 atom stereocenters. The van der Waals surface area contributed by atoms with Crippen LogP contribution in [0.5, 0.6) is 0 Å². The predicted octanol–water partition coefficient (Wildman–Crippen LogP) is 1.93. The van der Waals surface area contributed by atoms with Gasteiger partial charge in [0, 0.05) is 31.2 Å². The first-order chi connectivity index (χ1) is 8.65. The Labute approximate surface area is 109 Å². The van der Waals surface area contributed by atoms with Gasteiger partial charge in [0.25, 0.3) is 0 Å². The summed E-state index contributed by atoms with van der Waals surface area (Å²) in [6.07, 6.45) is 2.53. The highest BCUT2D eigenvalue weighted by molar-refractivity contribution is 5.10. The molecule has 1 fully saturated rings. The third-order valence-electron chi connectivity index (χ3n) is 3.86. The topological polar surface area (TPSA) is 47.3 Å². The first kappa shape index (κ1) is 13.6. The van der Waals surface area contributed by atoms with E-state index in [1.54, 1.807) is 0 Å². The molecule has 3 unspecified atom stereocenters. The molecule has 0 aliphatic carbocycles. The molecule has 1 aromatic rings. The normalized spacial score (nSPS) is 25.6. The number of hydrogen-bond donors (Lipinski definition) is 1. The lowest BCUT2D eigenvalue weighted by Crippen LogP contribution is -2.30. The third-order valence-corrected chi connectivity index (χ3v) is 3.86. The molecule has 1 N–H and O–H groups in total. The van der Waals surface area contributed by atoms with E-state index in [-0.39, 0.29) is 18.1 Å². The lowest BCUT2D eigenvalue weighted by atomic mass is 9.90. The van der Waals surface area contributed by atoms with E-state index in [0.717, 1.165) is 37.4 Å². The van der Waals surface area contributed by atoms with Crippen molar-refractivity contribution in [2.45, 2.75) is 58.8 Å². The molecule has 0 bridgehead atoms. The average molecular weight is 252 g/mol. The monoisotopic (exact) mass is 252 g/mol. The second-order valence-electron chi connectivity index (χ2n) is 5.13. The van der Waals surface area contributed by atoms with Crippen LogP contribution in [-0.2, 0) is 17.7 Å². The Bertz CT molecular complexity index is 389. The highest BCUT2D eigenvalue weighted by Gasteiger charge is 2.33. The zero-order valence-electron chi connectivity index (χ0n) is 11.6. The van der Waals surface area contributed by atoms with Crippen molar-refractivity contribution in [3.05, 3.63) is 17.5 Å². The maximum Gasteiger partial charge on any atom is 0.0649 e. The SMILES string of the molecule is CCC1OCCC1C(O)Cc1cc(C)nn1CC. The van der Waals surface area contributed by atoms with Crippen molar-refractivity contribution in [3.63, 3.8) is 0 Å². The summed E-state index contributed by atoms with van der Waals surface area (Å²) in [5.74, 6) is 0.274. The average Bonchev–Trinajstić information content (AvgIpc) is 2.95. The number of hydrogen-bond acceptors (Lipinski definition) is 3. The molecule has 1 aromatic heterocycles. The minimum absolute atomic E-state index is 0.221. The summed E-state index contributed by atoms with van der Waals surface area (Å²) < 4.78 is 7.63. The quantitative estimate of drug-likeness (QED) is 0.871. The van der Waals surface area contributed by atoms with Gasteiger partial charge in [-0.15, -0.1) is 0 Å². The molecule has 1 aliphatic heterocycles. The highest BCUT2D eigenvalue weighted by atomic mass is 16.5. The Morgan fingerprint density at radius 3 is 3.00 bits per heavy atom. The molecule has 4 nitrogen and oxygen atoms in total. The number of rotatable bonds is 5. The van der Waals surface area contributed by atoms with Gasteiger partial charge in [-0.2, -0.15) is 5.10 Å². The molecule has 2 heterocycles. The Hall–Kier alpha value is -0.870. The minimum Gasteiger partial charge on any atom is -0.392 e. The van der Waals surface area contributed by atoms with E-state index < -0.39 is 0 Å². The smallest absolute Gasteiger partial charge is 0.0649 e. The Morgan fingerprint density at radius 1 is 1.56 bits per heavy atom. The zero-order valence-corrected chi connectivity index (χ0v) is 11.6. The van der Waals surface area contributed by atoms with Crippen LogP contribution in [-0.4, -0.2) is 33.7 Å². The van der Waals surface area contributed by atoms with E-state index in [9.17, 15) is 5.11 Å². The van der Waals surface area contributed by atoms with Gasteiger partial charge in [0.1, 0.15) is 0 Å². The third kappa shape index (κ3) is 2.75. The number of aryl methyl sites for hydroxylation is 2. The molecule has 0 saturated carbocycles. The molecule has 18 heavy (non-hydrogen) atoms. The van der Waals surface area contributed by atoms with E-state index >= 15 is 0 Å². The van der Waals surface area contributed by atoms with Gasteiger partial charge in [-0.25, -0.2) is 0 Å². The molecular formula is C14H24N2O2. The molecule has 0 amide bonds. The molecule has 102 valence electrons. The Balaban J connectivity index is 2.03. The standard InChI is InChI=1S/C14H24N2O2/c1-4-14-12(6-7-18-14)13(17)9-11-8-10(3)15-16(11)5-2/h8,12-14,17H,4-7,9H2,1-3H3. The van der Waals surface area contributed by atoms with Crippen molar-refractivity contribution in [1.29, 1.82) is 0 Å². The van der Waals surface area contributed by atoms with E-state index in [2.05, 4.69) is 25.0 Å². The van der Waals surface area contributed by atoms with Gasteiger partial charge in [0.2, 0.25) is 0 Å². The second kappa shape index (κ2) is 5.85. The van der Waals surface area contributed by atoms with Crippen LogP contribution in [0.3, 0.4) is 0 Å². The van der Waals surface area contributed by atoms with Gasteiger partial charge in [-0.3, -0.25) is 4.68 Å². The lowest BCUT2D eigenvalue weighted by molar-refractivity contribution is 0.0309. The van der Waals surface area contributed by atoms with E-state index in [0.29, 0.717) is 6.42 Å². The fourth-order valence-corrected chi connectivity index (χ4v) is 2.93. The van der Waals surface area contributed by atoms with Crippen LogP contribution in [0.1, 0.15) is 38.1 Å². The number of nitrogens with zero attached hydrogens (tertiary/aromatic N) is 2. The summed E-state index contributed by atoms with van der Waals surface area (Å²) >= 11 is 0. The molecule has 0 aromatic carbocycles. The van der Waals surface area contributed by atoms with Crippen molar-refractivity contribution in [2.24, 2.45) is 5.92 Å². The zero-order chi connectivity index (χ0) is 13.1. The van der Waals surface area contributed by atoms with E-state index in [1.165, 1.54) is 0 Å². The van der Waals surface area contributed by atoms with Crippen LogP contribution in [0, 0.1) is 12.8 Å². The summed E-state index contributed by atoms with van der Waals surface area (Å²) in [5.41, 5.74) is 2.15. The van der Waals surface area contributed by atoms with Gasteiger partial charge >= 0.3 is 0 Å². The fourth-order valence-electron chi connectivity index (χ4n) is 2.93. The van der Waals surface area contributed by atoms with Gasteiger partial charge in [0.15, 0.2) is 0 Å². The summed E-state index contributed by atoms with van der Waals surface area (Å²) in [4.78, 5) is 0. The summed E-state index contributed by atoms with van der Waals surface area (Å²) in [5, 5.41) is 14.8. The maximum atomic E-state index is 10.4. The Morgan fingerprint density at radius 2 is 2.33 bits per heavy atom. The van der Waals surface area contributed by atoms with Crippen molar-refractivity contribution in [3.8, 4) is 0 Å². The molecule has 0 spiro atoms. The van der Waals surface area contributed by atoms with E-state index in [4.69, 9.17) is 4.74 Å². The molecule has 1 saturated heterocycles.